The van der Waals surface area contributed by atoms with E-state index in [0.717, 1.165) is 22.8 Å². The smallest absolute Gasteiger partial charge is 0.148 e. The first kappa shape index (κ1) is 13.8. The van der Waals surface area contributed by atoms with Gasteiger partial charge < -0.3 is 10.6 Å². The molecule has 0 aliphatic heterocycles. The van der Waals surface area contributed by atoms with Crippen LogP contribution >= 0.6 is 22.9 Å². The predicted octanol–water partition coefficient (Wildman–Crippen LogP) is 3.93. The van der Waals surface area contributed by atoms with Crippen molar-refractivity contribution in [2.24, 2.45) is 0 Å². The van der Waals surface area contributed by atoms with Gasteiger partial charge in [-0.05, 0) is 38.2 Å². The van der Waals surface area contributed by atoms with Gasteiger partial charge >= 0.3 is 0 Å². The average molecular weight is 308 g/mol. The molecular weight excluding hydrogens is 288 g/mol. The number of thiazole rings is 1. The molecule has 20 heavy (non-hydrogen) atoms. The molecule has 3 rings (SSSR count). The number of nitrogens with zero attached hydrogens (tertiary/aromatic N) is 3. The van der Waals surface area contributed by atoms with Crippen molar-refractivity contribution in [3.63, 3.8) is 0 Å². The number of aromatic nitrogens is 2. The summed E-state index contributed by atoms with van der Waals surface area (Å²) in [5.41, 5.74) is 8.12. The molecule has 0 bridgehead atoms. The minimum absolute atomic E-state index is 0.617. The highest BCUT2D eigenvalue weighted by molar-refractivity contribution is 7.11. The first-order valence-corrected chi connectivity index (χ1v) is 8.80. The Kier molecular flexibility index (Phi) is 3.94. The maximum absolute atomic E-state index is 6.11. The Morgan fingerprint density at radius 3 is 2.75 bits per heavy atom. The highest BCUT2D eigenvalue weighted by Crippen LogP contribution is 2.42. The zero-order chi connectivity index (χ0) is 14.1. The second kappa shape index (κ2) is 5.69. The normalized spacial score (nSPS) is 15.9. The number of nitrogens with two attached hydrogens (primary N) is 1. The van der Waals surface area contributed by atoms with Gasteiger partial charge in [0, 0.05) is 18.0 Å². The van der Waals surface area contributed by atoms with Gasteiger partial charge in [-0.1, -0.05) is 12.8 Å². The molecule has 2 aromatic rings. The summed E-state index contributed by atoms with van der Waals surface area (Å²) >= 11 is 3.18. The lowest BCUT2D eigenvalue weighted by Crippen LogP contribution is -2.32. The van der Waals surface area contributed by atoms with Crippen molar-refractivity contribution in [3.8, 4) is 11.3 Å². The predicted molar refractivity (Wildman–Crippen MR) is 87.6 cm³/mol. The molecule has 1 saturated carbocycles. The number of anilines is 2. The van der Waals surface area contributed by atoms with Crippen molar-refractivity contribution < 1.29 is 0 Å². The SMILES string of the molecule is CCN(c1snc(N)c1-c1csc(C)n1)C1CCCC1. The maximum Gasteiger partial charge on any atom is 0.148 e. The lowest BCUT2D eigenvalue weighted by molar-refractivity contribution is 0.624. The standard InChI is InChI=1S/C14H20N4S2/c1-3-18(10-6-4-5-7-10)14-12(13(15)17-20-14)11-8-19-9(2)16-11/h8,10H,3-7H2,1-2H3,(H2,15,17). The fourth-order valence-electron chi connectivity index (χ4n) is 2.99. The molecule has 2 aromatic heterocycles. The summed E-state index contributed by atoms with van der Waals surface area (Å²) < 4.78 is 4.38. The molecular formula is C14H20N4S2. The van der Waals surface area contributed by atoms with Crippen LogP contribution in [-0.2, 0) is 0 Å². The first-order valence-electron chi connectivity index (χ1n) is 7.15. The highest BCUT2D eigenvalue weighted by atomic mass is 32.1. The van der Waals surface area contributed by atoms with Crippen molar-refractivity contribution in [1.82, 2.24) is 9.36 Å². The molecule has 1 aliphatic carbocycles. The van der Waals surface area contributed by atoms with Crippen LogP contribution in [0.5, 0.6) is 0 Å². The molecule has 0 radical (unpaired) electrons. The summed E-state index contributed by atoms with van der Waals surface area (Å²) in [6.45, 7) is 5.24. The highest BCUT2D eigenvalue weighted by Gasteiger charge is 2.27. The van der Waals surface area contributed by atoms with Crippen LogP contribution in [0.1, 0.15) is 37.6 Å². The van der Waals surface area contributed by atoms with Crippen molar-refractivity contribution >= 4 is 33.7 Å². The van der Waals surface area contributed by atoms with E-state index in [2.05, 4.69) is 26.6 Å². The van der Waals surface area contributed by atoms with E-state index in [1.807, 2.05) is 6.92 Å². The monoisotopic (exact) mass is 308 g/mol. The first-order chi connectivity index (χ1) is 9.70. The Labute approximate surface area is 127 Å². The van der Waals surface area contributed by atoms with E-state index in [4.69, 9.17) is 5.73 Å². The van der Waals surface area contributed by atoms with Crippen LogP contribution in [0.4, 0.5) is 10.8 Å². The van der Waals surface area contributed by atoms with E-state index in [-0.39, 0.29) is 0 Å². The van der Waals surface area contributed by atoms with Gasteiger partial charge in [-0.2, -0.15) is 4.37 Å². The number of rotatable bonds is 4. The summed E-state index contributed by atoms with van der Waals surface area (Å²) in [5.74, 6) is 0.617. The van der Waals surface area contributed by atoms with Crippen LogP contribution in [0.15, 0.2) is 5.38 Å². The fourth-order valence-corrected chi connectivity index (χ4v) is 4.56. The number of nitrogen functional groups attached to an aromatic ring is 1. The third-order valence-corrected chi connectivity index (χ3v) is 5.62. The quantitative estimate of drug-likeness (QED) is 0.930. The summed E-state index contributed by atoms with van der Waals surface area (Å²) in [4.78, 5) is 7.07. The van der Waals surface area contributed by atoms with Crippen molar-refractivity contribution in [2.75, 3.05) is 17.2 Å². The van der Waals surface area contributed by atoms with Gasteiger partial charge in [-0.25, -0.2) is 4.98 Å². The summed E-state index contributed by atoms with van der Waals surface area (Å²) in [6, 6.07) is 0.637. The Morgan fingerprint density at radius 1 is 1.40 bits per heavy atom. The van der Waals surface area contributed by atoms with E-state index in [0.29, 0.717) is 11.9 Å². The van der Waals surface area contributed by atoms with Crippen LogP contribution in [0.25, 0.3) is 11.3 Å². The molecule has 0 saturated heterocycles. The molecule has 108 valence electrons. The fraction of sp³-hybridized carbons (Fsp3) is 0.571. The molecule has 6 heteroatoms. The summed E-state index contributed by atoms with van der Waals surface area (Å²) in [6.07, 6.45) is 5.23. The van der Waals surface area contributed by atoms with E-state index < -0.39 is 0 Å². The third kappa shape index (κ3) is 2.42. The van der Waals surface area contributed by atoms with Crippen LogP contribution in [0, 0.1) is 6.92 Å². The van der Waals surface area contributed by atoms with E-state index >= 15 is 0 Å². The van der Waals surface area contributed by atoms with E-state index in [1.54, 1.807) is 11.3 Å². The maximum atomic E-state index is 6.11. The Bertz CT molecular complexity index is 584. The molecule has 2 heterocycles. The molecule has 0 amide bonds. The second-order valence-corrected chi connectivity index (χ2v) is 7.04. The minimum atomic E-state index is 0.617. The number of hydrogen-bond donors (Lipinski definition) is 1. The van der Waals surface area contributed by atoms with Crippen LogP contribution in [0.3, 0.4) is 0 Å². The molecule has 1 aliphatic rings. The second-order valence-electron chi connectivity index (χ2n) is 5.22. The van der Waals surface area contributed by atoms with Crippen LogP contribution in [0.2, 0.25) is 0 Å². The number of hydrogen-bond acceptors (Lipinski definition) is 6. The van der Waals surface area contributed by atoms with Gasteiger partial charge in [0.25, 0.3) is 0 Å². The molecule has 1 fully saturated rings. The molecule has 0 spiro atoms. The van der Waals surface area contributed by atoms with Gasteiger partial charge in [-0.3, -0.25) is 0 Å². The van der Waals surface area contributed by atoms with Crippen LogP contribution in [-0.4, -0.2) is 21.9 Å². The lowest BCUT2D eigenvalue weighted by Gasteiger charge is -2.28. The van der Waals surface area contributed by atoms with Crippen molar-refractivity contribution in [1.29, 1.82) is 0 Å². The van der Waals surface area contributed by atoms with Crippen LogP contribution < -0.4 is 10.6 Å². The van der Waals surface area contributed by atoms with Gasteiger partial charge in [-0.15, -0.1) is 11.3 Å². The lowest BCUT2D eigenvalue weighted by atomic mass is 10.1. The van der Waals surface area contributed by atoms with Gasteiger partial charge in [0.2, 0.25) is 0 Å². The Hall–Kier alpha value is -1.14. The topological polar surface area (TPSA) is 55.0 Å². The molecule has 0 unspecified atom stereocenters. The largest absolute Gasteiger partial charge is 0.382 e. The molecule has 2 N–H and O–H groups in total. The van der Waals surface area contributed by atoms with Gasteiger partial charge in [0.05, 0.1) is 16.3 Å². The van der Waals surface area contributed by atoms with Crippen molar-refractivity contribution in [2.45, 2.75) is 45.6 Å². The Morgan fingerprint density at radius 2 is 2.15 bits per heavy atom. The average Bonchev–Trinajstić information content (AvgIpc) is 3.13. The van der Waals surface area contributed by atoms with Crippen molar-refractivity contribution in [3.05, 3.63) is 10.4 Å². The zero-order valence-electron chi connectivity index (χ0n) is 11.9. The third-order valence-electron chi connectivity index (χ3n) is 3.94. The Balaban J connectivity index is 2.00. The molecule has 0 atom stereocenters. The van der Waals surface area contributed by atoms with E-state index in [1.165, 1.54) is 42.2 Å². The van der Waals surface area contributed by atoms with Gasteiger partial charge in [0.15, 0.2) is 0 Å². The summed E-state index contributed by atoms with van der Waals surface area (Å²) in [7, 11) is 0. The zero-order valence-corrected chi connectivity index (χ0v) is 13.6. The van der Waals surface area contributed by atoms with Gasteiger partial charge in [0.1, 0.15) is 10.8 Å². The van der Waals surface area contributed by atoms with E-state index in [9.17, 15) is 0 Å². The number of aryl methyl sites for hydroxylation is 1. The molecule has 0 aromatic carbocycles. The summed E-state index contributed by atoms with van der Waals surface area (Å²) in [5, 5.41) is 4.35. The molecule has 4 nitrogen and oxygen atoms in total. The minimum Gasteiger partial charge on any atom is -0.382 e.